The maximum absolute atomic E-state index is 10.2. The standard InChI is InChI=1S/C5H9NO.C3H6O3/c1-3-5(7)6-4-2;1-6-2-3(4)5/h3H,1,4H2,2H3,(H,6,7);2H2,1H3,(H,4,5). The third kappa shape index (κ3) is 18.0. The minimum atomic E-state index is -0.933. The fourth-order valence-corrected chi connectivity index (χ4v) is 0.370. The zero-order valence-electron chi connectivity index (χ0n) is 7.87. The van der Waals surface area contributed by atoms with E-state index in [9.17, 15) is 9.59 Å². The molecule has 2 N–H and O–H groups in total. The van der Waals surface area contributed by atoms with Gasteiger partial charge >= 0.3 is 5.97 Å². The lowest BCUT2D eigenvalue weighted by molar-refractivity contribution is -0.141. The Labute approximate surface area is 77.4 Å². The molecule has 5 nitrogen and oxygen atoms in total. The average Bonchev–Trinajstić information content (AvgIpc) is 2.05. The maximum Gasteiger partial charge on any atom is 0.329 e. The van der Waals surface area contributed by atoms with Crippen LogP contribution in [0.3, 0.4) is 0 Å². The fraction of sp³-hybridized carbons (Fsp3) is 0.500. The van der Waals surface area contributed by atoms with Gasteiger partial charge in [0.25, 0.3) is 0 Å². The van der Waals surface area contributed by atoms with E-state index in [1.807, 2.05) is 6.92 Å². The van der Waals surface area contributed by atoms with E-state index in [1.54, 1.807) is 0 Å². The Bertz CT molecular complexity index is 168. The number of carbonyl (C=O) groups is 2. The number of carboxylic acid groups (broad SMARTS) is 1. The Kier molecular flexibility index (Phi) is 11.6. The van der Waals surface area contributed by atoms with Gasteiger partial charge in [-0.1, -0.05) is 6.58 Å². The number of hydrogen-bond acceptors (Lipinski definition) is 3. The van der Waals surface area contributed by atoms with Crippen molar-refractivity contribution in [1.82, 2.24) is 5.32 Å². The van der Waals surface area contributed by atoms with Gasteiger partial charge in [-0.05, 0) is 13.0 Å². The van der Waals surface area contributed by atoms with Crippen molar-refractivity contribution in [1.29, 1.82) is 0 Å². The predicted octanol–water partition coefficient (Wildman–Crippen LogP) is 0.0259. The first-order chi connectivity index (χ1) is 6.08. The van der Waals surface area contributed by atoms with Crippen LogP contribution in [0.1, 0.15) is 6.92 Å². The Hall–Kier alpha value is -1.36. The molecule has 0 saturated heterocycles. The molecular weight excluding hydrogens is 174 g/mol. The molecular formula is C8H15NO4. The summed E-state index contributed by atoms with van der Waals surface area (Å²) < 4.78 is 4.20. The van der Waals surface area contributed by atoms with Gasteiger partial charge in [-0.15, -0.1) is 0 Å². The molecule has 0 aliphatic carbocycles. The van der Waals surface area contributed by atoms with Crippen LogP contribution in [0.15, 0.2) is 12.7 Å². The Morgan fingerprint density at radius 1 is 1.62 bits per heavy atom. The largest absolute Gasteiger partial charge is 0.480 e. The van der Waals surface area contributed by atoms with Crippen LogP contribution in [-0.4, -0.2) is 37.2 Å². The summed E-state index contributed by atoms with van der Waals surface area (Å²) in [7, 11) is 1.34. The van der Waals surface area contributed by atoms with Gasteiger partial charge in [0.05, 0.1) is 0 Å². The van der Waals surface area contributed by atoms with Gasteiger partial charge in [0, 0.05) is 13.7 Å². The summed E-state index contributed by atoms with van der Waals surface area (Å²) in [6, 6.07) is 0. The number of carbonyl (C=O) groups excluding carboxylic acids is 1. The van der Waals surface area contributed by atoms with Gasteiger partial charge in [0.2, 0.25) is 5.91 Å². The first-order valence-electron chi connectivity index (χ1n) is 3.69. The smallest absolute Gasteiger partial charge is 0.329 e. The SMILES string of the molecule is C=CC(=O)NCC.COCC(=O)O. The summed E-state index contributed by atoms with van der Waals surface area (Å²) in [5.41, 5.74) is 0. The van der Waals surface area contributed by atoms with Crippen molar-refractivity contribution >= 4 is 11.9 Å². The van der Waals surface area contributed by atoms with E-state index in [-0.39, 0.29) is 12.5 Å². The minimum absolute atomic E-state index is 0.109. The van der Waals surface area contributed by atoms with E-state index in [0.29, 0.717) is 6.54 Å². The van der Waals surface area contributed by atoms with E-state index in [2.05, 4.69) is 16.6 Å². The number of aliphatic carboxylic acids is 1. The zero-order chi connectivity index (χ0) is 10.7. The number of likely N-dealkylation sites (N-methyl/N-ethyl adjacent to an activating group) is 1. The molecule has 0 bridgehead atoms. The quantitative estimate of drug-likeness (QED) is 0.611. The Morgan fingerprint density at radius 2 is 2.15 bits per heavy atom. The van der Waals surface area contributed by atoms with Crippen molar-refractivity contribution in [2.45, 2.75) is 6.92 Å². The first kappa shape index (κ1) is 14.2. The number of carboxylic acids is 1. The average molecular weight is 189 g/mol. The molecule has 0 heterocycles. The molecule has 0 aliphatic heterocycles. The van der Waals surface area contributed by atoms with Gasteiger partial charge in [0.1, 0.15) is 6.61 Å². The lowest BCUT2D eigenvalue weighted by Crippen LogP contribution is -2.19. The summed E-state index contributed by atoms with van der Waals surface area (Å²) >= 11 is 0. The summed E-state index contributed by atoms with van der Waals surface area (Å²) in [6.07, 6.45) is 1.25. The molecule has 0 unspecified atom stereocenters. The molecule has 13 heavy (non-hydrogen) atoms. The van der Waals surface area contributed by atoms with Crippen LogP contribution in [0.5, 0.6) is 0 Å². The second-order valence-electron chi connectivity index (χ2n) is 1.93. The number of hydrogen-bond donors (Lipinski definition) is 2. The van der Waals surface area contributed by atoms with Crippen molar-refractivity contribution in [3.63, 3.8) is 0 Å². The molecule has 0 aromatic heterocycles. The van der Waals surface area contributed by atoms with Crippen molar-refractivity contribution in [2.24, 2.45) is 0 Å². The summed E-state index contributed by atoms with van der Waals surface area (Å²) in [4.78, 5) is 19.7. The highest BCUT2D eigenvalue weighted by molar-refractivity contribution is 5.86. The molecule has 0 atom stereocenters. The van der Waals surface area contributed by atoms with Gasteiger partial charge in [-0.2, -0.15) is 0 Å². The van der Waals surface area contributed by atoms with E-state index in [1.165, 1.54) is 13.2 Å². The van der Waals surface area contributed by atoms with Crippen LogP contribution < -0.4 is 5.32 Å². The van der Waals surface area contributed by atoms with Gasteiger partial charge in [0.15, 0.2) is 0 Å². The Morgan fingerprint density at radius 3 is 2.23 bits per heavy atom. The maximum atomic E-state index is 10.2. The molecule has 0 saturated carbocycles. The van der Waals surface area contributed by atoms with Crippen LogP contribution >= 0.6 is 0 Å². The number of rotatable bonds is 4. The topological polar surface area (TPSA) is 75.6 Å². The highest BCUT2D eigenvalue weighted by Crippen LogP contribution is 1.62. The molecule has 1 amide bonds. The van der Waals surface area contributed by atoms with Crippen LogP contribution in [-0.2, 0) is 14.3 Å². The normalized spacial score (nSPS) is 7.85. The van der Waals surface area contributed by atoms with E-state index in [0.717, 1.165) is 0 Å². The molecule has 5 heteroatoms. The fourth-order valence-electron chi connectivity index (χ4n) is 0.370. The first-order valence-corrected chi connectivity index (χ1v) is 3.69. The van der Waals surface area contributed by atoms with Crippen LogP contribution in [0.4, 0.5) is 0 Å². The van der Waals surface area contributed by atoms with Gasteiger partial charge in [-0.25, -0.2) is 4.79 Å². The highest BCUT2D eigenvalue weighted by atomic mass is 16.5. The highest BCUT2D eigenvalue weighted by Gasteiger charge is 1.87. The van der Waals surface area contributed by atoms with Crippen molar-refractivity contribution in [3.8, 4) is 0 Å². The third-order valence-electron chi connectivity index (χ3n) is 0.804. The molecule has 0 rings (SSSR count). The summed E-state index contributed by atoms with van der Waals surface area (Å²) in [6.45, 7) is 5.59. The van der Waals surface area contributed by atoms with E-state index >= 15 is 0 Å². The Balaban J connectivity index is 0. The van der Waals surface area contributed by atoms with E-state index < -0.39 is 5.97 Å². The number of ether oxygens (including phenoxy) is 1. The zero-order valence-corrected chi connectivity index (χ0v) is 7.87. The van der Waals surface area contributed by atoms with Crippen LogP contribution in [0, 0.1) is 0 Å². The monoisotopic (exact) mass is 189 g/mol. The third-order valence-corrected chi connectivity index (χ3v) is 0.804. The molecule has 0 spiro atoms. The summed E-state index contributed by atoms with van der Waals surface area (Å²) in [5.74, 6) is -1.04. The van der Waals surface area contributed by atoms with Gasteiger partial charge in [-0.3, -0.25) is 4.79 Å². The molecule has 0 aliphatic rings. The van der Waals surface area contributed by atoms with Crippen molar-refractivity contribution in [2.75, 3.05) is 20.3 Å². The number of nitrogens with one attached hydrogen (secondary N) is 1. The van der Waals surface area contributed by atoms with Crippen molar-refractivity contribution < 1.29 is 19.4 Å². The molecule has 0 aromatic rings. The minimum Gasteiger partial charge on any atom is -0.480 e. The van der Waals surface area contributed by atoms with Gasteiger partial charge < -0.3 is 15.2 Å². The summed E-state index contributed by atoms with van der Waals surface area (Å²) in [5, 5.41) is 10.3. The molecule has 0 radical (unpaired) electrons. The van der Waals surface area contributed by atoms with Crippen LogP contribution in [0.2, 0.25) is 0 Å². The van der Waals surface area contributed by atoms with Crippen LogP contribution in [0.25, 0.3) is 0 Å². The molecule has 0 aromatic carbocycles. The lowest BCUT2D eigenvalue weighted by atomic mass is 10.6. The number of amides is 1. The second kappa shape index (κ2) is 10.6. The van der Waals surface area contributed by atoms with E-state index in [4.69, 9.17) is 5.11 Å². The predicted molar refractivity (Wildman–Crippen MR) is 48.4 cm³/mol. The van der Waals surface area contributed by atoms with Crippen molar-refractivity contribution in [3.05, 3.63) is 12.7 Å². The number of methoxy groups -OCH3 is 1. The second-order valence-corrected chi connectivity index (χ2v) is 1.93. The lowest BCUT2D eigenvalue weighted by Gasteiger charge is -1.90. The molecule has 0 fully saturated rings. The molecule has 76 valence electrons.